The van der Waals surface area contributed by atoms with E-state index >= 15 is 0 Å². The summed E-state index contributed by atoms with van der Waals surface area (Å²) in [5.41, 5.74) is 17.3. The van der Waals surface area contributed by atoms with Crippen LogP contribution in [0.1, 0.15) is 46.5 Å². The molecule has 0 aliphatic carbocycles. The van der Waals surface area contributed by atoms with Crippen LogP contribution in [0.3, 0.4) is 0 Å². The third-order valence-electron chi connectivity index (χ3n) is 10.4. The van der Waals surface area contributed by atoms with Crippen molar-refractivity contribution in [3.8, 4) is 45.0 Å². The van der Waals surface area contributed by atoms with Gasteiger partial charge in [0.1, 0.15) is 13.1 Å². The first-order chi connectivity index (χ1) is 25.8. The molecule has 3 aromatic carbocycles. The molecule has 0 fully saturated rings. The van der Waals surface area contributed by atoms with Gasteiger partial charge in [-0.2, -0.15) is 9.13 Å². The molecule has 4 nitrogen and oxygen atoms in total. The Labute approximate surface area is 305 Å². The van der Waals surface area contributed by atoms with E-state index in [1.165, 1.54) is 56.2 Å². The van der Waals surface area contributed by atoms with Gasteiger partial charge in [-0.15, -0.1) is 0 Å². The highest BCUT2D eigenvalue weighted by atomic mass is 15.0. The first-order valence-electron chi connectivity index (χ1n) is 18.4. The number of hydrogen-bond donors (Lipinski definition) is 0. The van der Waals surface area contributed by atoms with Crippen LogP contribution in [0.2, 0.25) is 0 Å². The minimum Gasteiger partial charge on any atom is -0.256 e. The lowest BCUT2D eigenvalue weighted by molar-refractivity contribution is -0.689. The zero-order valence-corrected chi connectivity index (χ0v) is 29.2. The van der Waals surface area contributed by atoms with Crippen molar-refractivity contribution in [1.29, 1.82) is 0 Å². The molecule has 2 aliphatic heterocycles. The Morgan fingerprint density at radius 1 is 0.423 bits per heavy atom. The van der Waals surface area contributed by atoms with Crippen molar-refractivity contribution in [3.05, 3.63) is 179 Å². The van der Waals surface area contributed by atoms with Crippen molar-refractivity contribution in [2.75, 3.05) is 0 Å². The fraction of sp³-hybridized carbons (Fsp3) is 0.125. The summed E-state index contributed by atoms with van der Waals surface area (Å²) in [6, 6.07) is 47.9. The van der Waals surface area contributed by atoms with Gasteiger partial charge in [-0.25, -0.2) is 0 Å². The average Bonchev–Trinajstić information content (AvgIpc) is 3.53. The molecule has 4 aromatic heterocycles. The van der Waals surface area contributed by atoms with Crippen molar-refractivity contribution in [1.82, 2.24) is 9.97 Å². The van der Waals surface area contributed by atoms with Gasteiger partial charge in [0, 0.05) is 72.8 Å². The number of rotatable bonds is 6. The van der Waals surface area contributed by atoms with Crippen molar-refractivity contribution < 1.29 is 9.13 Å². The Morgan fingerprint density at radius 2 is 0.885 bits per heavy atom. The summed E-state index contributed by atoms with van der Waals surface area (Å²) in [6.07, 6.45) is 17.1. The molecule has 4 heteroatoms. The molecule has 0 saturated heterocycles. The predicted molar refractivity (Wildman–Crippen MR) is 212 cm³/mol. The van der Waals surface area contributed by atoms with E-state index in [0.717, 1.165) is 61.3 Å². The van der Waals surface area contributed by atoms with Crippen molar-refractivity contribution in [3.63, 3.8) is 0 Å². The molecular weight excluding hydrogens is 633 g/mol. The second-order valence-electron chi connectivity index (χ2n) is 13.7. The van der Waals surface area contributed by atoms with Gasteiger partial charge in [0.2, 0.25) is 22.8 Å². The Balaban J connectivity index is 1.07. The zero-order valence-electron chi connectivity index (χ0n) is 29.2. The smallest absolute Gasteiger partial charge is 0.214 e. The second-order valence-corrected chi connectivity index (χ2v) is 13.7. The molecule has 0 unspecified atom stereocenters. The van der Waals surface area contributed by atoms with Gasteiger partial charge in [-0.1, -0.05) is 72.8 Å². The lowest BCUT2D eigenvalue weighted by Crippen LogP contribution is -2.40. The molecule has 0 spiro atoms. The monoisotopic (exact) mass is 672 g/mol. The first kappa shape index (κ1) is 31.7. The van der Waals surface area contributed by atoms with E-state index in [1.807, 2.05) is 36.7 Å². The summed E-state index contributed by atoms with van der Waals surface area (Å²) in [5, 5.41) is 0. The molecule has 250 valence electrons. The van der Waals surface area contributed by atoms with Crippen LogP contribution in [0.5, 0.6) is 0 Å². The number of hydrogen-bond acceptors (Lipinski definition) is 2. The van der Waals surface area contributed by atoms with E-state index in [-0.39, 0.29) is 0 Å². The van der Waals surface area contributed by atoms with Gasteiger partial charge in [0.05, 0.1) is 22.5 Å². The van der Waals surface area contributed by atoms with Crippen LogP contribution in [0.25, 0.3) is 69.3 Å². The van der Waals surface area contributed by atoms with E-state index in [1.54, 1.807) is 0 Å². The normalized spacial score (nSPS) is 13.5. The number of aryl methyl sites for hydroxylation is 2. The maximum absolute atomic E-state index is 4.51. The van der Waals surface area contributed by atoms with Gasteiger partial charge >= 0.3 is 0 Å². The standard InChI is InChI=1S/C48H40N4/c1-3-31-49-43(13-1)37-23-17-35(18-24-37)21-29-41-11-5-15-45-47-39(9-7-33-51(41)45)27-28-40-10-8-34-52-42(12-6-16-46(52)48(40)47)30-22-36-19-25-38(26-20-36)44-14-2-4-32-50-44/h1-6,11-32H,7-10,33-34H2/q+2/b29-21+,30-22+. The van der Waals surface area contributed by atoms with E-state index in [9.17, 15) is 0 Å². The number of fused-ring (bicyclic) bond motifs is 7. The highest BCUT2D eigenvalue weighted by molar-refractivity contribution is 5.84. The highest BCUT2D eigenvalue weighted by Gasteiger charge is 2.32. The third-order valence-corrected chi connectivity index (χ3v) is 10.4. The quantitative estimate of drug-likeness (QED) is 0.165. The van der Waals surface area contributed by atoms with Gasteiger partial charge in [-0.3, -0.25) is 9.97 Å². The van der Waals surface area contributed by atoms with Crippen molar-refractivity contribution in [2.45, 2.75) is 38.8 Å². The topological polar surface area (TPSA) is 33.5 Å². The Bertz CT molecular complexity index is 2250. The highest BCUT2D eigenvalue weighted by Crippen LogP contribution is 2.39. The van der Waals surface area contributed by atoms with Gasteiger partial charge in [-0.05, 0) is 83.6 Å². The number of benzene rings is 3. The predicted octanol–water partition coefficient (Wildman–Crippen LogP) is 9.95. The molecule has 0 atom stereocenters. The molecule has 9 rings (SSSR count). The molecular formula is C48H40N4+2. The van der Waals surface area contributed by atoms with E-state index < -0.39 is 0 Å². The Kier molecular flexibility index (Phi) is 8.63. The SMILES string of the molecule is C(=C\c1cccc2[n+]1CCCc1ccc3c(c1-2)-c1cccc(/C=C/c2ccc(-c4ccccn4)cc2)[n+]1CCC3)/c1ccc(-c2ccccn2)cc1. The molecule has 52 heavy (non-hydrogen) atoms. The summed E-state index contributed by atoms with van der Waals surface area (Å²) in [5.74, 6) is 0. The van der Waals surface area contributed by atoms with Crippen LogP contribution in [-0.4, -0.2) is 9.97 Å². The maximum Gasteiger partial charge on any atom is 0.214 e. The van der Waals surface area contributed by atoms with Gasteiger partial charge in [0.25, 0.3) is 0 Å². The molecule has 6 heterocycles. The summed E-state index contributed by atoms with van der Waals surface area (Å²) in [6.45, 7) is 1.97. The van der Waals surface area contributed by atoms with Gasteiger partial charge < -0.3 is 0 Å². The van der Waals surface area contributed by atoms with Crippen molar-refractivity contribution in [2.24, 2.45) is 0 Å². The van der Waals surface area contributed by atoms with Crippen LogP contribution in [0.15, 0.2) is 146 Å². The summed E-state index contributed by atoms with van der Waals surface area (Å²) in [7, 11) is 0. The number of pyridine rings is 4. The summed E-state index contributed by atoms with van der Waals surface area (Å²) < 4.78 is 5.08. The van der Waals surface area contributed by atoms with Crippen LogP contribution in [-0.2, 0) is 25.9 Å². The molecule has 0 radical (unpaired) electrons. The van der Waals surface area contributed by atoms with E-state index in [2.05, 4.69) is 153 Å². The van der Waals surface area contributed by atoms with Crippen molar-refractivity contribution >= 4 is 24.3 Å². The zero-order chi connectivity index (χ0) is 34.7. The number of nitrogens with zero attached hydrogens (tertiary/aromatic N) is 4. The van der Waals surface area contributed by atoms with E-state index in [0.29, 0.717) is 0 Å². The minimum atomic E-state index is 0.986. The molecule has 7 aromatic rings. The lowest BCUT2D eigenvalue weighted by Gasteiger charge is -2.14. The van der Waals surface area contributed by atoms with E-state index in [4.69, 9.17) is 0 Å². The Hall–Kier alpha value is -6.26. The average molecular weight is 673 g/mol. The summed E-state index contributed by atoms with van der Waals surface area (Å²) >= 11 is 0. The number of aromatic nitrogens is 4. The maximum atomic E-state index is 4.51. The molecule has 0 saturated carbocycles. The first-order valence-corrected chi connectivity index (χ1v) is 18.4. The largest absolute Gasteiger partial charge is 0.256 e. The summed E-state index contributed by atoms with van der Waals surface area (Å²) in [4.78, 5) is 9.02. The van der Waals surface area contributed by atoms with Crippen LogP contribution in [0, 0.1) is 0 Å². The lowest BCUT2D eigenvalue weighted by atomic mass is 9.88. The van der Waals surface area contributed by atoms with Crippen LogP contribution in [0.4, 0.5) is 0 Å². The van der Waals surface area contributed by atoms with Crippen LogP contribution < -0.4 is 9.13 Å². The molecule has 2 aliphatic rings. The molecule has 0 N–H and O–H groups in total. The third kappa shape index (κ3) is 6.29. The van der Waals surface area contributed by atoms with Crippen LogP contribution >= 0.6 is 0 Å². The fourth-order valence-corrected chi connectivity index (χ4v) is 7.85. The Morgan fingerprint density at radius 3 is 1.31 bits per heavy atom. The molecule has 0 bridgehead atoms. The van der Waals surface area contributed by atoms with Gasteiger partial charge in [0.15, 0.2) is 0 Å². The fourth-order valence-electron chi connectivity index (χ4n) is 7.85. The molecule has 0 amide bonds. The second kappa shape index (κ2) is 14.2. The minimum absolute atomic E-state index is 0.986.